The molecule has 0 N–H and O–H groups in total. The van der Waals surface area contributed by atoms with Crippen molar-refractivity contribution >= 4 is 17.7 Å². The van der Waals surface area contributed by atoms with E-state index < -0.39 is 0 Å². The molecule has 0 aliphatic carbocycles. The Bertz CT molecular complexity index is 379. The van der Waals surface area contributed by atoms with Crippen molar-refractivity contribution in [3.05, 3.63) is 12.4 Å². The van der Waals surface area contributed by atoms with Gasteiger partial charge < -0.3 is 4.90 Å². The van der Waals surface area contributed by atoms with E-state index in [-0.39, 0.29) is 11.9 Å². The minimum atomic E-state index is 0.253. The first-order valence-electron chi connectivity index (χ1n) is 5.06. The van der Waals surface area contributed by atoms with Crippen molar-refractivity contribution in [3.63, 3.8) is 0 Å². The molecule has 0 saturated carbocycles. The van der Waals surface area contributed by atoms with Crippen molar-refractivity contribution in [2.24, 2.45) is 0 Å². The van der Waals surface area contributed by atoms with Gasteiger partial charge in [-0.3, -0.25) is 4.79 Å². The third kappa shape index (κ3) is 1.35. The Morgan fingerprint density at radius 1 is 1.53 bits per heavy atom. The third-order valence-electron chi connectivity index (χ3n) is 3.06. The third-order valence-corrected chi connectivity index (χ3v) is 4.69. The molecule has 5 nitrogen and oxygen atoms in total. The average Bonchev–Trinajstić information content (AvgIpc) is 2.82. The van der Waals surface area contributed by atoms with Crippen LogP contribution >= 0.6 is 11.8 Å². The molecular weight excluding hydrogens is 212 g/mol. The Balaban J connectivity index is 1.72. The number of amides is 1. The molecule has 0 bridgehead atoms. The summed E-state index contributed by atoms with van der Waals surface area (Å²) in [5.41, 5.74) is 0. The van der Waals surface area contributed by atoms with Gasteiger partial charge in [0, 0.05) is 11.8 Å². The van der Waals surface area contributed by atoms with Crippen LogP contribution in [0.25, 0.3) is 0 Å². The smallest absolute Gasteiger partial charge is 0.226 e. The van der Waals surface area contributed by atoms with Gasteiger partial charge >= 0.3 is 0 Å². The summed E-state index contributed by atoms with van der Waals surface area (Å²) < 4.78 is 0. The highest BCUT2D eigenvalue weighted by molar-refractivity contribution is 8.00. The summed E-state index contributed by atoms with van der Waals surface area (Å²) in [7, 11) is 0. The molecule has 2 saturated heterocycles. The second-order valence-corrected chi connectivity index (χ2v) is 5.39. The molecule has 3 heterocycles. The number of nitrogens with zero attached hydrogens (tertiary/aromatic N) is 4. The van der Waals surface area contributed by atoms with E-state index in [0.717, 1.165) is 6.54 Å². The first-order valence-corrected chi connectivity index (χ1v) is 6.01. The lowest BCUT2D eigenvalue weighted by Crippen LogP contribution is -2.47. The van der Waals surface area contributed by atoms with E-state index in [1.807, 2.05) is 16.7 Å². The first-order chi connectivity index (χ1) is 7.25. The van der Waals surface area contributed by atoms with Crippen LogP contribution in [0.4, 0.5) is 0 Å². The van der Waals surface area contributed by atoms with Crippen LogP contribution in [0.5, 0.6) is 0 Å². The lowest BCUT2D eigenvalue weighted by molar-refractivity contribution is -0.140. The molecule has 3 atom stereocenters. The molecular formula is C9H12N4OS. The van der Waals surface area contributed by atoms with Gasteiger partial charge in [0.15, 0.2) is 0 Å². The predicted octanol–water partition coefficient (Wildman–Crippen LogP) is 0.513. The van der Waals surface area contributed by atoms with E-state index >= 15 is 0 Å². The van der Waals surface area contributed by atoms with Gasteiger partial charge in [-0.2, -0.15) is 15.0 Å². The molecule has 3 rings (SSSR count). The number of β-lactam (4-membered cyclic amide) rings is 1. The topological polar surface area (TPSA) is 51.0 Å². The molecule has 0 aromatic carbocycles. The van der Waals surface area contributed by atoms with Crippen LogP contribution in [-0.4, -0.2) is 43.0 Å². The number of thioether (sulfide) groups is 1. The molecule has 1 unspecified atom stereocenters. The van der Waals surface area contributed by atoms with Crippen LogP contribution in [0, 0.1) is 0 Å². The van der Waals surface area contributed by atoms with Crippen LogP contribution in [-0.2, 0) is 4.79 Å². The lowest BCUT2D eigenvalue weighted by atomic mass is 10.1. The number of carbonyl (C=O) groups is 1. The Morgan fingerprint density at radius 3 is 2.87 bits per heavy atom. The summed E-state index contributed by atoms with van der Waals surface area (Å²) in [5, 5.41) is 9.12. The molecule has 2 fully saturated rings. The maximum Gasteiger partial charge on any atom is 0.226 e. The van der Waals surface area contributed by atoms with Crippen LogP contribution in [0.15, 0.2) is 12.4 Å². The highest BCUT2D eigenvalue weighted by Gasteiger charge is 2.46. The molecule has 80 valence electrons. The number of carbonyl (C=O) groups excluding carboxylic acids is 1. The first kappa shape index (κ1) is 9.21. The summed E-state index contributed by atoms with van der Waals surface area (Å²) in [4.78, 5) is 14.9. The fourth-order valence-corrected chi connectivity index (χ4v) is 3.63. The van der Waals surface area contributed by atoms with Gasteiger partial charge in [0.2, 0.25) is 5.91 Å². The van der Waals surface area contributed by atoms with Crippen molar-refractivity contribution in [3.8, 4) is 0 Å². The second kappa shape index (κ2) is 3.23. The normalized spacial score (nSPS) is 31.3. The van der Waals surface area contributed by atoms with Crippen LogP contribution in [0.2, 0.25) is 0 Å². The zero-order valence-corrected chi connectivity index (χ0v) is 9.22. The van der Waals surface area contributed by atoms with Gasteiger partial charge in [0.1, 0.15) is 0 Å². The molecule has 0 radical (unpaired) electrons. The number of hydrogen-bond donors (Lipinski definition) is 0. The molecule has 1 aromatic rings. The molecule has 2 aliphatic heterocycles. The van der Waals surface area contributed by atoms with Gasteiger partial charge in [0.25, 0.3) is 0 Å². The van der Waals surface area contributed by atoms with E-state index in [0.29, 0.717) is 17.0 Å². The standard InChI is InChI=1S/C9H12N4OS/c1-6(13-10-2-3-11-13)7-5-12-8(14)4-9(12)15-7/h2-3,6-7,9H,4-5H2,1H3/t6?,7-,9+/m1/s1. The monoisotopic (exact) mass is 224 g/mol. The fraction of sp³-hybridized carbons (Fsp3) is 0.667. The maximum atomic E-state index is 11.2. The average molecular weight is 224 g/mol. The SMILES string of the molecule is CC([C@H]1CN2C(=O)C[C@@H]2S1)n1nccn1. The second-order valence-electron chi connectivity index (χ2n) is 3.97. The Morgan fingerprint density at radius 2 is 2.27 bits per heavy atom. The fourth-order valence-electron chi connectivity index (χ4n) is 2.06. The van der Waals surface area contributed by atoms with Crippen molar-refractivity contribution in [2.45, 2.75) is 30.0 Å². The summed E-state index contributed by atoms with van der Waals surface area (Å²) in [6.07, 6.45) is 4.09. The molecule has 2 aliphatic rings. The van der Waals surface area contributed by atoms with E-state index in [1.165, 1.54) is 0 Å². The molecule has 15 heavy (non-hydrogen) atoms. The summed E-state index contributed by atoms with van der Waals surface area (Å²) >= 11 is 1.87. The predicted molar refractivity (Wildman–Crippen MR) is 56.2 cm³/mol. The number of hydrogen-bond acceptors (Lipinski definition) is 4. The summed E-state index contributed by atoms with van der Waals surface area (Å²) in [6, 6.07) is 0.253. The summed E-state index contributed by atoms with van der Waals surface area (Å²) in [6.45, 7) is 2.95. The van der Waals surface area contributed by atoms with E-state index in [1.54, 1.807) is 17.2 Å². The Kier molecular flexibility index (Phi) is 1.98. The lowest BCUT2D eigenvalue weighted by Gasteiger charge is -2.32. The van der Waals surface area contributed by atoms with Crippen molar-refractivity contribution < 1.29 is 4.79 Å². The Labute approximate surface area is 91.8 Å². The van der Waals surface area contributed by atoms with Gasteiger partial charge in [-0.05, 0) is 6.92 Å². The van der Waals surface area contributed by atoms with Crippen LogP contribution in [0.1, 0.15) is 19.4 Å². The minimum Gasteiger partial charge on any atom is -0.329 e. The molecule has 0 spiro atoms. The molecule has 6 heteroatoms. The molecule has 1 aromatic heterocycles. The van der Waals surface area contributed by atoms with Gasteiger partial charge in [0.05, 0.1) is 30.2 Å². The highest BCUT2D eigenvalue weighted by atomic mass is 32.2. The zero-order chi connectivity index (χ0) is 10.4. The highest BCUT2D eigenvalue weighted by Crippen LogP contribution is 2.43. The largest absolute Gasteiger partial charge is 0.329 e. The van der Waals surface area contributed by atoms with Gasteiger partial charge in [-0.25, -0.2) is 0 Å². The van der Waals surface area contributed by atoms with Crippen molar-refractivity contribution in [1.29, 1.82) is 0 Å². The molecule has 1 amide bonds. The maximum absolute atomic E-state index is 11.2. The summed E-state index contributed by atoms with van der Waals surface area (Å²) in [5.74, 6) is 0.288. The number of aromatic nitrogens is 3. The van der Waals surface area contributed by atoms with Crippen LogP contribution < -0.4 is 0 Å². The quantitative estimate of drug-likeness (QED) is 0.687. The zero-order valence-electron chi connectivity index (χ0n) is 8.41. The van der Waals surface area contributed by atoms with Crippen LogP contribution in [0.3, 0.4) is 0 Å². The van der Waals surface area contributed by atoms with E-state index in [4.69, 9.17) is 0 Å². The van der Waals surface area contributed by atoms with Crippen molar-refractivity contribution in [1.82, 2.24) is 19.9 Å². The number of rotatable bonds is 2. The van der Waals surface area contributed by atoms with E-state index in [9.17, 15) is 4.79 Å². The number of fused-ring (bicyclic) bond motifs is 1. The van der Waals surface area contributed by atoms with Gasteiger partial charge in [-0.1, -0.05) is 0 Å². The van der Waals surface area contributed by atoms with E-state index in [2.05, 4.69) is 17.1 Å². The van der Waals surface area contributed by atoms with Gasteiger partial charge in [-0.15, -0.1) is 11.8 Å². The Hall–Kier alpha value is -1.04. The van der Waals surface area contributed by atoms with Crippen molar-refractivity contribution in [2.75, 3.05) is 6.54 Å². The minimum absolute atomic E-state index is 0.253.